The lowest BCUT2D eigenvalue weighted by atomic mass is 10.0. The van der Waals surface area contributed by atoms with E-state index in [9.17, 15) is 13.2 Å². The van der Waals surface area contributed by atoms with Gasteiger partial charge in [0.1, 0.15) is 5.75 Å². The van der Waals surface area contributed by atoms with Crippen LogP contribution < -0.4 is 15.0 Å². The van der Waals surface area contributed by atoms with Gasteiger partial charge in [0.25, 0.3) is 0 Å². The predicted octanol–water partition coefficient (Wildman–Crippen LogP) is 4.29. The first-order valence-electron chi connectivity index (χ1n) is 11.9. The fraction of sp³-hybridized carbons (Fsp3) is 0.296. The first-order chi connectivity index (χ1) is 17.0. The molecule has 8 heteroatoms. The normalized spacial score (nSPS) is 18.2. The summed E-state index contributed by atoms with van der Waals surface area (Å²) in [6.45, 7) is 1.29. The summed E-state index contributed by atoms with van der Waals surface area (Å²) >= 11 is 0. The summed E-state index contributed by atoms with van der Waals surface area (Å²) < 4.78 is 33.0. The van der Waals surface area contributed by atoms with Crippen molar-refractivity contribution in [2.24, 2.45) is 0 Å². The van der Waals surface area contributed by atoms with Gasteiger partial charge < -0.3 is 10.1 Å². The number of benzene rings is 3. The van der Waals surface area contributed by atoms with Gasteiger partial charge in [0, 0.05) is 37.4 Å². The second-order valence-corrected chi connectivity index (χ2v) is 10.9. The highest BCUT2D eigenvalue weighted by molar-refractivity contribution is 7.89. The lowest BCUT2D eigenvalue weighted by Gasteiger charge is -2.33. The topological polar surface area (TPSA) is 79.0 Å². The quantitative estimate of drug-likeness (QED) is 0.578. The number of nitrogens with one attached hydrogen (secondary N) is 1. The minimum Gasteiger partial charge on any atom is -0.497 e. The average molecular weight is 492 g/mol. The fourth-order valence-electron chi connectivity index (χ4n) is 4.86. The number of carbonyl (C=O) groups is 1. The molecule has 2 aliphatic rings. The Morgan fingerprint density at radius 2 is 1.80 bits per heavy atom. The molecule has 3 aromatic rings. The molecule has 1 fully saturated rings. The second kappa shape index (κ2) is 9.71. The third-order valence-corrected chi connectivity index (χ3v) is 8.58. The first kappa shape index (κ1) is 23.4. The predicted molar refractivity (Wildman–Crippen MR) is 136 cm³/mol. The minimum atomic E-state index is -3.67. The molecule has 5 rings (SSSR count). The molecule has 0 aromatic heterocycles. The Bertz CT molecular complexity index is 1330. The third-order valence-electron chi connectivity index (χ3n) is 6.72. The number of carbonyl (C=O) groups excluding carboxylic acids is 1. The van der Waals surface area contributed by atoms with Crippen molar-refractivity contribution in [2.45, 2.75) is 30.2 Å². The van der Waals surface area contributed by atoms with Crippen LogP contribution in [0, 0.1) is 0 Å². The van der Waals surface area contributed by atoms with Crippen molar-refractivity contribution < 1.29 is 17.9 Å². The Hall–Kier alpha value is -3.36. The van der Waals surface area contributed by atoms with Crippen molar-refractivity contribution in [3.8, 4) is 16.9 Å². The molecule has 1 saturated heterocycles. The maximum absolute atomic E-state index is 13.2. The van der Waals surface area contributed by atoms with Crippen molar-refractivity contribution in [1.29, 1.82) is 0 Å². The molecule has 0 radical (unpaired) electrons. The van der Waals surface area contributed by atoms with Crippen LogP contribution in [-0.4, -0.2) is 51.5 Å². The molecule has 35 heavy (non-hydrogen) atoms. The van der Waals surface area contributed by atoms with Gasteiger partial charge in [-0.25, -0.2) is 13.2 Å². The van der Waals surface area contributed by atoms with Crippen molar-refractivity contribution in [1.82, 2.24) is 9.62 Å². The van der Waals surface area contributed by atoms with E-state index < -0.39 is 10.0 Å². The molecule has 0 aliphatic carbocycles. The molecule has 2 heterocycles. The molecule has 3 aromatic carbocycles. The molecule has 2 aliphatic heterocycles. The van der Waals surface area contributed by atoms with Crippen LogP contribution >= 0.6 is 0 Å². The molecule has 1 atom stereocenters. The van der Waals surface area contributed by atoms with Gasteiger partial charge in [-0.2, -0.15) is 4.31 Å². The van der Waals surface area contributed by atoms with Gasteiger partial charge in [0.2, 0.25) is 10.0 Å². The number of ether oxygens (including phenoxy) is 1. The van der Waals surface area contributed by atoms with Crippen LogP contribution in [0.1, 0.15) is 18.4 Å². The Morgan fingerprint density at radius 1 is 0.971 bits per heavy atom. The highest BCUT2D eigenvalue weighted by Gasteiger charge is 2.33. The van der Waals surface area contributed by atoms with Crippen molar-refractivity contribution in [3.63, 3.8) is 0 Å². The maximum atomic E-state index is 13.2. The van der Waals surface area contributed by atoms with Crippen LogP contribution in [0.5, 0.6) is 5.75 Å². The smallest absolute Gasteiger partial charge is 0.322 e. The molecular weight excluding hydrogens is 462 g/mol. The van der Waals surface area contributed by atoms with Gasteiger partial charge in [0.15, 0.2) is 0 Å². The number of urea groups is 1. The van der Waals surface area contributed by atoms with E-state index in [0.717, 1.165) is 35.2 Å². The van der Waals surface area contributed by atoms with E-state index in [2.05, 4.69) is 23.5 Å². The highest BCUT2D eigenvalue weighted by atomic mass is 32.2. The van der Waals surface area contributed by atoms with Crippen LogP contribution in [0.15, 0.2) is 77.7 Å². The summed E-state index contributed by atoms with van der Waals surface area (Å²) in [6.07, 6.45) is 2.22. The number of nitrogens with zero attached hydrogens (tertiary/aromatic N) is 2. The van der Waals surface area contributed by atoms with Crippen LogP contribution in [0.4, 0.5) is 10.5 Å². The number of anilines is 1. The molecule has 1 unspecified atom stereocenters. The summed E-state index contributed by atoms with van der Waals surface area (Å²) in [6, 6.07) is 22.5. The van der Waals surface area contributed by atoms with E-state index in [-0.39, 0.29) is 23.5 Å². The molecule has 1 N–H and O–H groups in total. The van der Waals surface area contributed by atoms with E-state index in [1.54, 1.807) is 23.1 Å². The van der Waals surface area contributed by atoms with E-state index in [1.807, 2.05) is 30.3 Å². The maximum Gasteiger partial charge on any atom is 0.322 e. The summed E-state index contributed by atoms with van der Waals surface area (Å²) in [5.74, 6) is 0.496. The van der Waals surface area contributed by atoms with Gasteiger partial charge in [-0.05, 0) is 60.2 Å². The minimum absolute atomic E-state index is 0.179. The lowest BCUT2D eigenvalue weighted by Crippen LogP contribution is -2.52. The zero-order valence-electron chi connectivity index (χ0n) is 19.7. The third kappa shape index (κ3) is 4.76. The Morgan fingerprint density at radius 3 is 2.60 bits per heavy atom. The highest BCUT2D eigenvalue weighted by Crippen LogP contribution is 2.32. The summed E-state index contributed by atoms with van der Waals surface area (Å²) in [7, 11) is -2.16. The number of fused-ring (bicyclic) bond motifs is 1. The fourth-order valence-corrected chi connectivity index (χ4v) is 6.42. The lowest BCUT2D eigenvalue weighted by molar-refractivity contribution is 0.231. The zero-order chi connectivity index (χ0) is 24.4. The number of hydrogen-bond acceptors (Lipinski definition) is 4. The number of methoxy groups -OCH3 is 1. The van der Waals surface area contributed by atoms with Crippen LogP contribution in [0.25, 0.3) is 11.1 Å². The number of sulfonamides is 1. The van der Waals surface area contributed by atoms with E-state index in [4.69, 9.17) is 4.74 Å². The molecule has 182 valence electrons. The molecule has 0 saturated carbocycles. The molecule has 0 bridgehead atoms. The Labute approximate surface area is 206 Å². The molecular formula is C27H29N3O4S. The van der Waals surface area contributed by atoms with E-state index in [0.29, 0.717) is 25.3 Å². The summed E-state index contributed by atoms with van der Waals surface area (Å²) in [5, 5.41) is 3.08. The van der Waals surface area contributed by atoms with Crippen LogP contribution in [-0.2, 0) is 16.4 Å². The molecule has 2 amide bonds. The first-order valence-corrected chi connectivity index (χ1v) is 13.3. The number of rotatable bonds is 5. The van der Waals surface area contributed by atoms with Gasteiger partial charge in [-0.1, -0.05) is 42.5 Å². The summed E-state index contributed by atoms with van der Waals surface area (Å²) in [5.41, 5.74) is 4.35. The van der Waals surface area contributed by atoms with Crippen LogP contribution in [0.2, 0.25) is 0 Å². The van der Waals surface area contributed by atoms with Gasteiger partial charge in [-0.3, -0.25) is 4.90 Å². The standard InChI is InChI=1S/C27H29N3O4S/c1-34-24-10-5-11-25(18-24)35(32,33)29-15-6-9-23(19-29)28-27(31)30-16-14-22-17-21(12-13-26(22)30)20-7-3-2-4-8-20/h2-5,7-8,10-13,17-18,23H,6,9,14-16,19H2,1H3,(H,28,31). The van der Waals surface area contributed by atoms with Crippen molar-refractivity contribution >= 4 is 21.7 Å². The summed E-state index contributed by atoms with van der Waals surface area (Å²) in [4.78, 5) is 15.1. The SMILES string of the molecule is COc1cccc(S(=O)(=O)N2CCCC(NC(=O)N3CCc4cc(-c5ccccc5)ccc43)C2)c1. The number of piperidine rings is 1. The average Bonchev–Trinajstić information content (AvgIpc) is 3.33. The van der Waals surface area contributed by atoms with Gasteiger partial charge >= 0.3 is 6.03 Å². The molecule has 0 spiro atoms. The van der Waals surface area contributed by atoms with Gasteiger partial charge in [0.05, 0.1) is 12.0 Å². The number of hydrogen-bond donors (Lipinski definition) is 1. The Kier molecular flexibility index (Phi) is 6.49. The zero-order valence-corrected chi connectivity index (χ0v) is 20.5. The van der Waals surface area contributed by atoms with E-state index in [1.165, 1.54) is 17.5 Å². The van der Waals surface area contributed by atoms with Crippen molar-refractivity contribution in [3.05, 3.63) is 78.4 Å². The monoisotopic (exact) mass is 491 g/mol. The second-order valence-electron chi connectivity index (χ2n) is 8.94. The Balaban J connectivity index is 1.27. The largest absolute Gasteiger partial charge is 0.497 e. The van der Waals surface area contributed by atoms with Crippen LogP contribution in [0.3, 0.4) is 0 Å². The molecule has 7 nitrogen and oxygen atoms in total. The van der Waals surface area contributed by atoms with E-state index >= 15 is 0 Å². The van der Waals surface area contributed by atoms with Gasteiger partial charge in [-0.15, -0.1) is 0 Å². The number of amides is 2. The van der Waals surface area contributed by atoms with Crippen molar-refractivity contribution in [2.75, 3.05) is 31.6 Å².